The molecule has 2 N–H and O–H groups in total. The largest absolute Gasteiger partial charge is 0.495 e. The van der Waals surface area contributed by atoms with Crippen molar-refractivity contribution in [3.05, 3.63) is 30.0 Å². The lowest BCUT2D eigenvalue weighted by Crippen LogP contribution is -2.08. The van der Waals surface area contributed by atoms with E-state index in [4.69, 9.17) is 10.5 Å². The summed E-state index contributed by atoms with van der Waals surface area (Å²) in [6.45, 7) is 3.77. The summed E-state index contributed by atoms with van der Waals surface area (Å²) in [4.78, 5) is 0. The van der Waals surface area contributed by atoms with Crippen LogP contribution in [0.1, 0.15) is 12.6 Å². The zero-order chi connectivity index (χ0) is 11.5. The van der Waals surface area contributed by atoms with Crippen molar-refractivity contribution < 1.29 is 4.74 Å². The third kappa shape index (κ3) is 1.67. The van der Waals surface area contributed by atoms with E-state index in [2.05, 4.69) is 23.6 Å². The summed E-state index contributed by atoms with van der Waals surface area (Å²) in [7, 11) is 1.71. The highest BCUT2D eigenvalue weighted by Crippen LogP contribution is 2.28. The smallest absolute Gasteiger partial charge is 0.143 e. The molecule has 0 fully saturated rings. The molecule has 16 heavy (non-hydrogen) atoms. The van der Waals surface area contributed by atoms with Crippen molar-refractivity contribution in [3.63, 3.8) is 0 Å². The number of rotatable bonds is 4. The van der Waals surface area contributed by atoms with Gasteiger partial charge in [0.05, 0.1) is 12.6 Å². The van der Waals surface area contributed by atoms with Crippen molar-refractivity contribution in [1.82, 2.24) is 4.57 Å². The molecule has 2 rings (SSSR count). The second-order valence-corrected chi connectivity index (χ2v) is 3.82. The molecule has 0 aliphatic carbocycles. The third-order valence-corrected chi connectivity index (χ3v) is 2.91. The Morgan fingerprint density at radius 3 is 2.81 bits per heavy atom. The van der Waals surface area contributed by atoms with Gasteiger partial charge < -0.3 is 15.0 Å². The van der Waals surface area contributed by atoms with Gasteiger partial charge in [-0.2, -0.15) is 0 Å². The predicted octanol–water partition coefficient (Wildman–Crippen LogP) is 2.17. The first-order valence-corrected chi connectivity index (χ1v) is 5.67. The van der Waals surface area contributed by atoms with E-state index in [-0.39, 0.29) is 0 Å². The minimum atomic E-state index is 0.679. The van der Waals surface area contributed by atoms with Crippen molar-refractivity contribution >= 4 is 10.9 Å². The van der Waals surface area contributed by atoms with Gasteiger partial charge in [-0.25, -0.2) is 0 Å². The van der Waals surface area contributed by atoms with E-state index in [0.29, 0.717) is 6.54 Å². The first-order valence-electron chi connectivity index (χ1n) is 5.67. The number of hydrogen-bond acceptors (Lipinski definition) is 2. The van der Waals surface area contributed by atoms with E-state index in [1.807, 2.05) is 12.1 Å². The van der Waals surface area contributed by atoms with Crippen LogP contribution in [0.15, 0.2) is 24.3 Å². The Labute approximate surface area is 95.8 Å². The van der Waals surface area contributed by atoms with Gasteiger partial charge >= 0.3 is 0 Å². The summed E-state index contributed by atoms with van der Waals surface area (Å²) >= 11 is 0. The van der Waals surface area contributed by atoms with Crippen LogP contribution in [0.3, 0.4) is 0 Å². The molecule has 0 amide bonds. The molecule has 1 aromatic carbocycles. The summed E-state index contributed by atoms with van der Waals surface area (Å²) in [6.07, 6.45) is 0.908. The summed E-state index contributed by atoms with van der Waals surface area (Å²) in [5, 5.41) is 1.23. The van der Waals surface area contributed by atoms with E-state index in [0.717, 1.165) is 18.7 Å². The van der Waals surface area contributed by atoms with Crippen LogP contribution < -0.4 is 10.5 Å². The lowest BCUT2D eigenvalue weighted by Gasteiger charge is -2.09. The fraction of sp³-hybridized carbons (Fsp3) is 0.385. The van der Waals surface area contributed by atoms with Crippen LogP contribution in [0.4, 0.5) is 0 Å². The molecule has 1 aromatic heterocycles. The number of para-hydroxylation sites is 1. The Balaban J connectivity index is 2.67. The number of nitrogens with two attached hydrogens (primary N) is 1. The van der Waals surface area contributed by atoms with E-state index in [9.17, 15) is 0 Å². The van der Waals surface area contributed by atoms with E-state index in [1.165, 1.54) is 16.6 Å². The fourth-order valence-electron chi connectivity index (χ4n) is 2.23. The van der Waals surface area contributed by atoms with Crippen LogP contribution in [0, 0.1) is 0 Å². The minimum Gasteiger partial charge on any atom is -0.495 e. The van der Waals surface area contributed by atoms with E-state index >= 15 is 0 Å². The fourth-order valence-corrected chi connectivity index (χ4v) is 2.23. The Kier molecular flexibility index (Phi) is 3.15. The van der Waals surface area contributed by atoms with Gasteiger partial charge in [-0.1, -0.05) is 12.1 Å². The summed E-state index contributed by atoms with van der Waals surface area (Å²) in [6, 6.07) is 8.34. The van der Waals surface area contributed by atoms with Gasteiger partial charge in [0.1, 0.15) is 5.75 Å². The topological polar surface area (TPSA) is 40.2 Å². The molecule has 0 bridgehead atoms. The zero-order valence-corrected chi connectivity index (χ0v) is 9.86. The average molecular weight is 218 g/mol. The van der Waals surface area contributed by atoms with Crippen molar-refractivity contribution in [2.24, 2.45) is 5.73 Å². The monoisotopic (exact) mass is 218 g/mol. The minimum absolute atomic E-state index is 0.679. The quantitative estimate of drug-likeness (QED) is 0.854. The highest BCUT2D eigenvalue weighted by Gasteiger charge is 2.10. The van der Waals surface area contributed by atoms with Crippen LogP contribution in [0.5, 0.6) is 5.75 Å². The molecule has 0 atom stereocenters. The maximum absolute atomic E-state index is 5.63. The van der Waals surface area contributed by atoms with Crippen LogP contribution in [0.2, 0.25) is 0 Å². The van der Waals surface area contributed by atoms with Crippen molar-refractivity contribution in [1.29, 1.82) is 0 Å². The Morgan fingerprint density at radius 2 is 2.19 bits per heavy atom. The number of aryl methyl sites for hydroxylation is 1. The number of nitrogens with zero attached hydrogens (tertiary/aromatic N) is 1. The van der Waals surface area contributed by atoms with Gasteiger partial charge in [0.15, 0.2) is 0 Å². The molecule has 3 nitrogen and oxygen atoms in total. The maximum Gasteiger partial charge on any atom is 0.143 e. The normalized spacial score (nSPS) is 10.9. The molecule has 0 unspecified atom stereocenters. The molecule has 1 heterocycles. The molecule has 0 saturated heterocycles. The molecular formula is C13H18N2O. The van der Waals surface area contributed by atoms with Gasteiger partial charge in [-0.05, 0) is 32.0 Å². The molecule has 0 radical (unpaired) electrons. The van der Waals surface area contributed by atoms with Gasteiger partial charge in [0, 0.05) is 17.6 Å². The zero-order valence-electron chi connectivity index (χ0n) is 9.86. The second kappa shape index (κ2) is 4.58. The second-order valence-electron chi connectivity index (χ2n) is 3.82. The standard InChI is InChI=1S/C13H18N2O/c1-3-15-11(7-8-14)9-10-5-4-6-12(16-2)13(10)15/h4-6,9H,3,7-8,14H2,1-2H3. The number of benzene rings is 1. The lowest BCUT2D eigenvalue weighted by atomic mass is 10.2. The first-order chi connectivity index (χ1) is 7.81. The lowest BCUT2D eigenvalue weighted by molar-refractivity contribution is 0.417. The molecule has 0 saturated carbocycles. The summed E-state index contributed by atoms with van der Waals surface area (Å²) in [5.74, 6) is 0.933. The van der Waals surface area contributed by atoms with Gasteiger partial charge in [0.2, 0.25) is 0 Å². The van der Waals surface area contributed by atoms with Crippen molar-refractivity contribution in [3.8, 4) is 5.75 Å². The third-order valence-electron chi connectivity index (χ3n) is 2.91. The molecular weight excluding hydrogens is 200 g/mol. The van der Waals surface area contributed by atoms with Gasteiger partial charge in [-0.3, -0.25) is 0 Å². The van der Waals surface area contributed by atoms with Crippen LogP contribution in [0.25, 0.3) is 10.9 Å². The van der Waals surface area contributed by atoms with Crippen molar-refractivity contribution in [2.75, 3.05) is 13.7 Å². The predicted molar refractivity (Wildman–Crippen MR) is 66.9 cm³/mol. The number of hydrogen-bond donors (Lipinski definition) is 1. The average Bonchev–Trinajstić information content (AvgIpc) is 2.66. The first kappa shape index (κ1) is 11.0. The Morgan fingerprint density at radius 1 is 1.38 bits per heavy atom. The van der Waals surface area contributed by atoms with Crippen LogP contribution in [-0.2, 0) is 13.0 Å². The Bertz CT molecular complexity index is 488. The molecule has 0 spiro atoms. The van der Waals surface area contributed by atoms with Gasteiger partial charge in [0.25, 0.3) is 0 Å². The molecule has 3 heteroatoms. The molecule has 0 aliphatic heterocycles. The van der Waals surface area contributed by atoms with E-state index in [1.54, 1.807) is 7.11 Å². The number of aromatic nitrogens is 1. The Hall–Kier alpha value is -1.48. The summed E-state index contributed by atoms with van der Waals surface area (Å²) in [5.41, 5.74) is 8.09. The van der Waals surface area contributed by atoms with E-state index < -0.39 is 0 Å². The summed E-state index contributed by atoms with van der Waals surface area (Å²) < 4.78 is 7.69. The molecule has 0 aliphatic rings. The van der Waals surface area contributed by atoms with Gasteiger partial charge in [-0.15, -0.1) is 0 Å². The number of methoxy groups -OCH3 is 1. The highest BCUT2D eigenvalue weighted by atomic mass is 16.5. The number of fused-ring (bicyclic) bond motifs is 1. The van der Waals surface area contributed by atoms with Crippen LogP contribution in [-0.4, -0.2) is 18.2 Å². The van der Waals surface area contributed by atoms with Crippen molar-refractivity contribution in [2.45, 2.75) is 19.9 Å². The SMILES string of the molecule is CCn1c(CCN)cc2cccc(OC)c21. The molecule has 86 valence electrons. The van der Waals surface area contributed by atoms with Crippen LogP contribution >= 0.6 is 0 Å². The maximum atomic E-state index is 5.63. The number of ether oxygens (including phenoxy) is 1. The molecule has 2 aromatic rings. The highest BCUT2D eigenvalue weighted by molar-refractivity contribution is 5.87.